The molecule has 0 aromatic heterocycles. The van der Waals surface area contributed by atoms with Crippen LogP contribution in [0.2, 0.25) is 0 Å². The molecule has 1 aromatic rings. The van der Waals surface area contributed by atoms with Gasteiger partial charge in [-0.3, -0.25) is 0 Å². The fourth-order valence-electron chi connectivity index (χ4n) is 2.56. The normalized spacial score (nSPS) is 26.1. The largest absolute Gasteiger partial charge is 0.388 e. The molecule has 0 saturated carbocycles. The summed E-state index contributed by atoms with van der Waals surface area (Å²) in [6.07, 6.45) is 1.24. The molecule has 17 heavy (non-hydrogen) atoms. The van der Waals surface area contributed by atoms with Gasteiger partial charge in [-0.15, -0.1) is 0 Å². The predicted molar refractivity (Wildman–Crippen MR) is 67.7 cm³/mol. The van der Waals surface area contributed by atoms with Crippen LogP contribution in [0.5, 0.6) is 0 Å². The number of rotatable bonds is 4. The highest BCUT2D eigenvalue weighted by Crippen LogP contribution is 2.41. The van der Waals surface area contributed by atoms with Gasteiger partial charge in [-0.05, 0) is 24.0 Å². The highest BCUT2D eigenvalue weighted by Gasteiger charge is 2.41. The van der Waals surface area contributed by atoms with Gasteiger partial charge in [-0.25, -0.2) is 0 Å². The van der Waals surface area contributed by atoms with Crippen molar-refractivity contribution in [2.45, 2.75) is 25.9 Å². The number of nitrogens with two attached hydrogens (primary N) is 1. The monoisotopic (exact) mass is 235 g/mol. The van der Waals surface area contributed by atoms with Gasteiger partial charge >= 0.3 is 0 Å². The van der Waals surface area contributed by atoms with E-state index in [1.807, 2.05) is 18.2 Å². The highest BCUT2D eigenvalue weighted by molar-refractivity contribution is 5.30. The average Bonchev–Trinajstić information content (AvgIpc) is 2.88. The molecule has 2 unspecified atom stereocenters. The Hall–Kier alpha value is -0.900. The van der Waals surface area contributed by atoms with Gasteiger partial charge in [0.05, 0.1) is 12.7 Å². The highest BCUT2D eigenvalue weighted by atomic mass is 16.5. The van der Waals surface area contributed by atoms with E-state index >= 15 is 0 Å². The summed E-state index contributed by atoms with van der Waals surface area (Å²) in [5.74, 6) is 0. The number of ether oxygens (including phenoxy) is 1. The van der Waals surface area contributed by atoms with Crippen LogP contribution in [-0.2, 0) is 11.2 Å². The van der Waals surface area contributed by atoms with Crippen molar-refractivity contribution in [2.24, 2.45) is 11.1 Å². The van der Waals surface area contributed by atoms with Gasteiger partial charge in [-0.2, -0.15) is 0 Å². The molecule has 1 aromatic carbocycles. The zero-order valence-electron chi connectivity index (χ0n) is 10.4. The topological polar surface area (TPSA) is 55.5 Å². The zero-order valence-corrected chi connectivity index (χ0v) is 10.4. The van der Waals surface area contributed by atoms with Crippen LogP contribution in [0, 0.1) is 5.41 Å². The Kier molecular flexibility index (Phi) is 3.82. The first-order chi connectivity index (χ1) is 8.23. The van der Waals surface area contributed by atoms with Crippen molar-refractivity contribution < 1.29 is 9.84 Å². The molecular formula is C14H21NO2. The first-order valence-corrected chi connectivity index (χ1v) is 6.27. The van der Waals surface area contributed by atoms with Gasteiger partial charge in [0.25, 0.3) is 0 Å². The van der Waals surface area contributed by atoms with Crippen LogP contribution in [0.25, 0.3) is 0 Å². The maximum Gasteiger partial charge on any atom is 0.0883 e. The summed E-state index contributed by atoms with van der Waals surface area (Å²) in [5.41, 5.74) is 7.76. The minimum absolute atomic E-state index is 0.300. The minimum atomic E-state index is -0.522. The molecule has 3 heteroatoms. The van der Waals surface area contributed by atoms with E-state index in [0.29, 0.717) is 19.8 Å². The number of benzene rings is 1. The van der Waals surface area contributed by atoms with E-state index in [1.54, 1.807) is 0 Å². The van der Waals surface area contributed by atoms with Crippen molar-refractivity contribution in [1.82, 2.24) is 0 Å². The Labute approximate surface area is 103 Å². The molecule has 0 bridgehead atoms. The molecule has 2 atom stereocenters. The molecule has 3 nitrogen and oxygen atoms in total. The molecule has 0 aliphatic carbocycles. The summed E-state index contributed by atoms with van der Waals surface area (Å²) in [4.78, 5) is 0. The number of aryl methyl sites for hydroxylation is 1. The van der Waals surface area contributed by atoms with Gasteiger partial charge in [0.15, 0.2) is 0 Å². The molecule has 0 spiro atoms. The van der Waals surface area contributed by atoms with Crippen LogP contribution in [0.4, 0.5) is 0 Å². The quantitative estimate of drug-likeness (QED) is 0.834. The van der Waals surface area contributed by atoms with Crippen molar-refractivity contribution in [3.8, 4) is 0 Å². The number of aliphatic hydroxyl groups is 1. The fourth-order valence-corrected chi connectivity index (χ4v) is 2.56. The molecule has 2 rings (SSSR count). The second-order valence-electron chi connectivity index (χ2n) is 4.82. The maximum absolute atomic E-state index is 10.6. The summed E-state index contributed by atoms with van der Waals surface area (Å²) in [5, 5.41) is 10.6. The fraction of sp³-hybridized carbons (Fsp3) is 0.571. The van der Waals surface area contributed by atoms with E-state index in [4.69, 9.17) is 10.5 Å². The van der Waals surface area contributed by atoms with Crippen LogP contribution >= 0.6 is 0 Å². The average molecular weight is 235 g/mol. The molecule has 1 fully saturated rings. The summed E-state index contributed by atoms with van der Waals surface area (Å²) in [6.45, 7) is 3.82. The summed E-state index contributed by atoms with van der Waals surface area (Å²) in [6, 6.07) is 8.05. The summed E-state index contributed by atoms with van der Waals surface area (Å²) < 4.78 is 5.43. The van der Waals surface area contributed by atoms with Crippen molar-refractivity contribution in [2.75, 3.05) is 19.8 Å². The lowest BCUT2D eigenvalue weighted by Gasteiger charge is -2.32. The Morgan fingerprint density at radius 3 is 2.82 bits per heavy atom. The summed E-state index contributed by atoms with van der Waals surface area (Å²) >= 11 is 0. The Morgan fingerprint density at radius 1 is 1.47 bits per heavy atom. The smallest absolute Gasteiger partial charge is 0.0883 e. The standard InChI is InChI=1S/C14H21NO2/c1-2-11-5-3-4-6-12(11)13(16)14(9-15)7-8-17-10-14/h3-6,13,16H,2,7-10,15H2,1H3. The third kappa shape index (κ3) is 2.23. The van der Waals surface area contributed by atoms with Crippen molar-refractivity contribution in [3.63, 3.8) is 0 Å². The molecule has 1 heterocycles. The molecule has 1 aliphatic rings. The second kappa shape index (κ2) is 5.17. The van der Waals surface area contributed by atoms with Gasteiger partial charge in [0.2, 0.25) is 0 Å². The lowest BCUT2D eigenvalue weighted by molar-refractivity contribution is 0.0185. The first kappa shape index (κ1) is 12.6. The van der Waals surface area contributed by atoms with Crippen molar-refractivity contribution >= 4 is 0 Å². The second-order valence-corrected chi connectivity index (χ2v) is 4.82. The lowest BCUT2D eigenvalue weighted by Crippen LogP contribution is -2.37. The van der Waals surface area contributed by atoms with E-state index in [-0.39, 0.29) is 5.41 Å². The van der Waals surface area contributed by atoms with E-state index < -0.39 is 6.10 Å². The number of aliphatic hydroxyl groups excluding tert-OH is 1. The van der Waals surface area contributed by atoms with E-state index in [0.717, 1.165) is 18.4 Å². The first-order valence-electron chi connectivity index (χ1n) is 6.27. The molecule has 3 N–H and O–H groups in total. The Morgan fingerprint density at radius 2 is 2.24 bits per heavy atom. The third-order valence-electron chi connectivity index (χ3n) is 3.85. The van der Waals surface area contributed by atoms with Gasteiger partial charge < -0.3 is 15.6 Å². The molecule has 1 saturated heterocycles. The maximum atomic E-state index is 10.6. The van der Waals surface area contributed by atoms with Crippen LogP contribution in [0.1, 0.15) is 30.6 Å². The Balaban J connectivity index is 2.32. The van der Waals surface area contributed by atoms with Crippen molar-refractivity contribution in [1.29, 1.82) is 0 Å². The number of hydrogen-bond acceptors (Lipinski definition) is 3. The van der Waals surface area contributed by atoms with Crippen LogP contribution in [0.15, 0.2) is 24.3 Å². The van der Waals surface area contributed by atoms with Crippen molar-refractivity contribution in [3.05, 3.63) is 35.4 Å². The number of hydrogen-bond donors (Lipinski definition) is 2. The van der Waals surface area contributed by atoms with E-state index in [1.165, 1.54) is 5.56 Å². The van der Waals surface area contributed by atoms with Gasteiger partial charge in [-0.1, -0.05) is 31.2 Å². The Bertz CT molecular complexity index is 372. The lowest BCUT2D eigenvalue weighted by atomic mass is 9.77. The van der Waals surface area contributed by atoms with Gasteiger partial charge in [0.1, 0.15) is 0 Å². The molecule has 94 valence electrons. The molecule has 1 aliphatic heterocycles. The van der Waals surface area contributed by atoms with E-state index in [2.05, 4.69) is 13.0 Å². The van der Waals surface area contributed by atoms with E-state index in [9.17, 15) is 5.11 Å². The third-order valence-corrected chi connectivity index (χ3v) is 3.85. The molecule has 0 amide bonds. The van der Waals surface area contributed by atoms with Crippen LogP contribution < -0.4 is 5.73 Å². The summed E-state index contributed by atoms with van der Waals surface area (Å²) in [7, 11) is 0. The van der Waals surface area contributed by atoms with Gasteiger partial charge in [0, 0.05) is 18.6 Å². The van der Waals surface area contributed by atoms with Crippen LogP contribution in [0.3, 0.4) is 0 Å². The molecular weight excluding hydrogens is 214 g/mol. The minimum Gasteiger partial charge on any atom is -0.388 e. The molecule has 0 radical (unpaired) electrons. The zero-order chi connectivity index (χ0) is 12.3. The SMILES string of the molecule is CCc1ccccc1C(O)C1(CN)CCOC1. The predicted octanol–water partition coefficient (Wildman–Crippen LogP) is 1.65. The van der Waals surface area contributed by atoms with Crippen LogP contribution in [-0.4, -0.2) is 24.9 Å².